The summed E-state index contributed by atoms with van der Waals surface area (Å²) < 4.78 is 289. The normalized spacial score (nSPS) is 34.1. The molecule has 4 aromatic carbocycles. The summed E-state index contributed by atoms with van der Waals surface area (Å²) in [6, 6.07) is 2.43. The second-order valence-corrected chi connectivity index (χ2v) is 35.3. The first kappa shape index (κ1) is 65.5. The van der Waals surface area contributed by atoms with Crippen molar-refractivity contribution in [2.75, 3.05) is 109 Å². The van der Waals surface area contributed by atoms with Gasteiger partial charge in [0.25, 0.3) is 0 Å². The summed E-state index contributed by atoms with van der Waals surface area (Å²) >= 11 is 0. The summed E-state index contributed by atoms with van der Waals surface area (Å²) in [4.78, 5) is 56.8. The van der Waals surface area contributed by atoms with Crippen molar-refractivity contribution in [1.82, 2.24) is 19.6 Å². The molecule has 16 atom stereocenters. The van der Waals surface area contributed by atoms with E-state index in [1.54, 1.807) is 39.8 Å². The molecule has 0 aromatic heterocycles. The number of benzene rings is 4. The lowest BCUT2D eigenvalue weighted by Crippen LogP contribution is -2.51. The molecule has 8 N–H and O–H groups in total. The highest BCUT2D eigenvalue weighted by molar-refractivity contribution is 5.77. The molecular weight excluding hydrogens is 1520 g/mol. The fourth-order valence-corrected chi connectivity index (χ4v) is 16.3. The van der Waals surface area contributed by atoms with E-state index in [1.807, 2.05) is 83.1 Å². The number of piperidine rings is 4. The molecule has 0 spiro atoms. The topological polar surface area (TPSA) is 296 Å². The summed E-state index contributed by atoms with van der Waals surface area (Å²) in [5.74, 6) is -3.68. The molecule has 120 heavy (non-hydrogen) atoms. The van der Waals surface area contributed by atoms with Crippen molar-refractivity contribution in [2.24, 2.45) is 93.9 Å². The highest BCUT2D eigenvalue weighted by Crippen LogP contribution is 2.50. The monoisotopic (exact) mass is 1700 g/mol. The molecule has 8 aliphatic rings. The van der Waals surface area contributed by atoms with Crippen LogP contribution in [0.25, 0.3) is 0 Å². The summed E-state index contributed by atoms with van der Waals surface area (Å²) in [6.45, 7) is 20.3. The molecule has 0 saturated carbocycles. The number of hydrogen-bond acceptors (Lipinski definition) is 24. The first-order chi connectivity index (χ1) is 66.7. The molecule has 672 valence electrons. The van der Waals surface area contributed by atoms with Crippen molar-refractivity contribution in [2.45, 2.75) is 260 Å². The predicted molar refractivity (Wildman–Crippen MR) is 471 cm³/mol. The Morgan fingerprint density at radius 2 is 0.592 bits per heavy atom. The van der Waals surface area contributed by atoms with Gasteiger partial charge in [-0.15, -0.1) is 0 Å². The van der Waals surface area contributed by atoms with Crippen LogP contribution in [-0.4, -0.2) is 201 Å². The third-order valence-corrected chi connectivity index (χ3v) is 23.2. The van der Waals surface area contributed by atoms with Crippen molar-refractivity contribution in [3.8, 4) is 46.0 Å². The first-order valence-electron chi connectivity index (χ1n) is 55.1. The van der Waals surface area contributed by atoms with Crippen LogP contribution in [0, 0.1) is 71.0 Å². The van der Waals surface area contributed by atoms with Crippen LogP contribution >= 0.6 is 0 Å². The van der Waals surface area contributed by atoms with Crippen LogP contribution in [0.1, 0.15) is 266 Å². The Morgan fingerprint density at radius 1 is 0.350 bits per heavy atom. The summed E-state index contributed by atoms with van der Waals surface area (Å²) in [7, 11) is 2.67. The van der Waals surface area contributed by atoms with Crippen molar-refractivity contribution in [3.05, 3.63) is 93.0 Å². The van der Waals surface area contributed by atoms with Gasteiger partial charge in [0, 0.05) is 148 Å². The Labute approximate surface area is 755 Å². The molecule has 8 aliphatic heterocycles. The van der Waals surface area contributed by atoms with Gasteiger partial charge in [0.05, 0.1) is 70.4 Å². The first-order valence-corrected chi connectivity index (χ1v) is 42.1. The van der Waals surface area contributed by atoms with E-state index in [-0.39, 0.29) is 173 Å². The largest absolute Gasteiger partial charge is 0.493 e. The number of esters is 4. The number of ether oxygens (including phenoxy) is 12. The number of aryl methyl sites for hydroxylation is 4. The zero-order valence-corrected chi connectivity index (χ0v) is 74.3. The third kappa shape index (κ3) is 23.8. The minimum Gasteiger partial charge on any atom is -0.493 e. The van der Waals surface area contributed by atoms with Gasteiger partial charge in [-0.25, -0.2) is 0 Å². The quantitative estimate of drug-likeness (QED) is 0.0303. The average molecular weight is 1700 g/mol. The van der Waals surface area contributed by atoms with Gasteiger partial charge in [-0.2, -0.15) is 0 Å². The fraction of sp³-hybridized carbons (Fsp3) is 0.708. The number of carbonyl (C=O) groups is 4. The molecule has 0 bridgehead atoms. The lowest BCUT2D eigenvalue weighted by Gasteiger charge is -2.47. The standard InChI is InChI=1S/4C24H38N2O4/c4*1-14(2)9-17-13-26-8-7-16-10-21(28-5)22(29-6)11-18(16)19(26)12-20(17)30-24(27)23(25)15(3)4/h4*10-11,14-15,17,19-20,23H,7-9,12-13,25H2,1-6H3/t4*17?,19?,20?,23-/m0000/s1/i5D3,7D2,8D2,20D;5D3,7D2,8D2,19D;7D2,8D2,20D;7D2,8D2,19D. The van der Waals surface area contributed by atoms with Gasteiger partial charge < -0.3 is 79.8 Å². The molecule has 4 saturated heterocycles. The van der Waals surface area contributed by atoms with Crippen LogP contribution in [0.5, 0.6) is 46.0 Å². The van der Waals surface area contributed by atoms with E-state index in [0.717, 1.165) is 12.1 Å². The summed E-state index contributed by atoms with van der Waals surface area (Å²) in [5.41, 5.74) is 25.1. The maximum absolute atomic E-state index is 12.9. The number of hydrogen-bond donors (Lipinski definition) is 4. The SMILES string of the molecule is [2H]C([2H])([2H])Oc1cc2c(cc1OC)C1([2H])CC(OC(=O)[C@@H](N)C(C)C)C(CC(C)C)CN1C([2H])([2H])C2([2H])[2H].[2H]C([2H])([2H])Oc1cc2c(cc1OC)C1CC([2H])(OC(=O)[C@@H](N)C(C)C)C(CC(C)C)CN1C([2H])([2H])C2([2H])[2H].[2H]C1(OC(=O)[C@@H](N)C(C)C)CC2c3cc(OC)c(OC)cc3C([2H])([2H])C([2H])([2H])N2CC1CC(C)C.[2H]C12CC(OC(=O)[C@@H](N)C(C)C)C(CC(C)C)CN1C([2H])([2H])C([2H])([2H])c1cc(OC)c(OC)cc12. The summed E-state index contributed by atoms with van der Waals surface area (Å²) in [6.07, 6.45) is -13.1. The molecule has 0 aliphatic carbocycles. The molecule has 12 rings (SSSR count). The lowest BCUT2D eigenvalue weighted by atomic mass is 9.79. The molecular formula is C96H152N8O16. The van der Waals surface area contributed by atoms with Crippen LogP contribution in [0.4, 0.5) is 0 Å². The Bertz CT molecular complexity index is 5270. The van der Waals surface area contributed by atoms with E-state index in [2.05, 4.69) is 0 Å². The summed E-state index contributed by atoms with van der Waals surface area (Å²) in [5, 5.41) is 0. The molecule has 0 amide bonds. The van der Waals surface area contributed by atoms with E-state index in [4.69, 9.17) is 110 Å². The van der Waals surface area contributed by atoms with Crippen LogP contribution in [-0.2, 0) is 63.6 Å². The Kier molecular flexibility index (Phi) is 24.0. The average Bonchev–Trinajstić information content (AvgIpc) is 0.692. The minimum absolute atomic E-state index is 0.0248. The van der Waals surface area contributed by atoms with Crippen molar-refractivity contribution in [1.29, 1.82) is 0 Å². The number of rotatable bonds is 28. The van der Waals surface area contributed by atoms with Crippen LogP contribution < -0.4 is 60.8 Å². The van der Waals surface area contributed by atoms with Crippen LogP contribution in [0.2, 0.25) is 0 Å². The second-order valence-electron chi connectivity index (χ2n) is 35.3. The van der Waals surface area contributed by atoms with Gasteiger partial charge in [0.1, 0.15) is 48.5 Å². The predicted octanol–water partition coefficient (Wildman–Crippen LogP) is 14.3. The maximum atomic E-state index is 12.9. The Morgan fingerprint density at radius 3 is 0.867 bits per heavy atom. The molecule has 4 fully saturated rings. The zero-order valence-electron chi connectivity index (χ0n) is 100. The van der Waals surface area contributed by atoms with E-state index < -0.39 is 174 Å². The molecule has 4 aromatic rings. The minimum atomic E-state index is -2.87. The van der Waals surface area contributed by atoms with Gasteiger partial charge in [-0.1, -0.05) is 111 Å². The Hall–Kier alpha value is -7.16. The number of nitrogens with two attached hydrogens (primary N) is 4. The Balaban J connectivity index is 0.000000217. The molecule has 8 heterocycles. The molecule has 12 unspecified atom stereocenters. The number of methoxy groups -OCH3 is 8. The highest BCUT2D eigenvalue weighted by Gasteiger charge is 2.47. The van der Waals surface area contributed by atoms with Crippen LogP contribution in [0.15, 0.2) is 48.5 Å². The van der Waals surface area contributed by atoms with E-state index in [0.29, 0.717) is 54.1 Å². The van der Waals surface area contributed by atoms with E-state index in [1.165, 1.54) is 86.5 Å². The zero-order chi connectivity index (χ0) is 111. The van der Waals surface area contributed by atoms with Gasteiger partial charge in [0.2, 0.25) is 0 Å². The third-order valence-electron chi connectivity index (χ3n) is 23.2. The van der Waals surface area contributed by atoms with Crippen LogP contribution in [0.3, 0.4) is 0 Å². The fourth-order valence-electron chi connectivity index (χ4n) is 16.3. The lowest BCUT2D eigenvalue weighted by molar-refractivity contribution is -0.161. The molecule has 24 heteroatoms. The van der Waals surface area contributed by atoms with Crippen molar-refractivity contribution in [3.63, 3.8) is 0 Å². The molecule has 0 radical (unpaired) electrons. The van der Waals surface area contributed by atoms with Gasteiger partial charge in [-0.05, 0) is 192 Å². The van der Waals surface area contributed by atoms with Crippen molar-refractivity contribution < 1.29 is 112 Å². The van der Waals surface area contributed by atoms with Gasteiger partial charge in [-0.3, -0.25) is 38.8 Å². The number of fused-ring (bicyclic) bond motifs is 12. The van der Waals surface area contributed by atoms with E-state index in [9.17, 15) is 24.7 Å². The van der Waals surface area contributed by atoms with Gasteiger partial charge in [0.15, 0.2) is 46.0 Å². The number of nitrogens with zero attached hydrogens (tertiary/aromatic N) is 4. The van der Waals surface area contributed by atoms with Gasteiger partial charge >= 0.3 is 23.9 Å². The second kappa shape index (κ2) is 43.9. The highest BCUT2D eigenvalue weighted by atomic mass is 16.6. The van der Waals surface area contributed by atoms with E-state index >= 15 is 0 Å². The number of carbonyl (C=O) groups excluding carboxylic acids is 4. The molecule has 24 nitrogen and oxygen atoms in total. The maximum Gasteiger partial charge on any atom is 0.323 e. The van der Waals surface area contributed by atoms with Crippen molar-refractivity contribution >= 4 is 23.9 Å². The smallest absolute Gasteiger partial charge is 0.323 e.